The van der Waals surface area contributed by atoms with E-state index in [-0.39, 0.29) is 10.8 Å². The first-order valence-corrected chi connectivity index (χ1v) is 11.3. The Morgan fingerprint density at radius 2 is 2.04 bits per heavy atom. The average Bonchev–Trinajstić information content (AvgIpc) is 3.23. The quantitative estimate of drug-likeness (QED) is 0.544. The number of carbonyl (C=O) groups is 1. The average molecular weight is 381 g/mol. The molecule has 0 bridgehead atoms. The van der Waals surface area contributed by atoms with E-state index < -0.39 is 0 Å². The van der Waals surface area contributed by atoms with E-state index in [2.05, 4.69) is 62.9 Å². The minimum Gasteiger partial charge on any atom is -0.312 e. The molecule has 2 fully saturated rings. The molecular formula is C25H36N2O. The number of benzene rings is 1. The van der Waals surface area contributed by atoms with Gasteiger partial charge in [-0.1, -0.05) is 46.2 Å². The lowest BCUT2D eigenvalue weighted by Gasteiger charge is -2.31. The molecule has 152 valence electrons. The molecule has 3 nitrogen and oxygen atoms in total. The van der Waals surface area contributed by atoms with Crippen LogP contribution in [0.4, 0.5) is 5.69 Å². The molecule has 1 aromatic rings. The predicted octanol–water partition coefficient (Wildman–Crippen LogP) is 6.13. The molecule has 0 aromatic heterocycles. The zero-order chi connectivity index (χ0) is 20.4. The molecule has 3 rings (SSSR count). The molecule has 3 heteroatoms. The molecule has 4 unspecified atom stereocenters. The lowest BCUT2D eigenvalue weighted by atomic mass is 9.82. The van der Waals surface area contributed by atoms with Crippen LogP contribution in [-0.4, -0.2) is 12.5 Å². The first kappa shape index (κ1) is 20.9. The highest BCUT2D eigenvalue weighted by molar-refractivity contribution is 5.99. The fraction of sp³-hybridized carbons (Fsp3) is 0.680. The fourth-order valence-electron chi connectivity index (χ4n) is 5.46. The summed E-state index contributed by atoms with van der Waals surface area (Å²) in [5.41, 5.74) is 1.97. The van der Waals surface area contributed by atoms with Gasteiger partial charge in [0.1, 0.15) is 0 Å². The van der Waals surface area contributed by atoms with Crippen molar-refractivity contribution in [3.8, 4) is 6.07 Å². The van der Waals surface area contributed by atoms with Gasteiger partial charge in [-0.2, -0.15) is 5.26 Å². The van der Waals surface area contributed by atoms with Gasteiger partial charge in [-0.15, -0.1) is 0 Å². The normalized spacial score (nSPS) is 31.4. The summed E-state index contributed by atoms with van der Waals surface area (Å²) in [5, 5.41) is 9.78. The molecule has 2 aliphatic carbocycles. The number of hydrogen-bond acceptors (Lipinski definition) is 2. The van der Waals surface area contributed by atoms with E-state index in [4.69, 9.17) is 0 Å². The van der Waals surface area contributed by atoms with Gasteiger partial charge < -0.3 is 4.90 Å². The van der Waals surface area contributed by atoms with E-state index in [0.717, 1.165) is 63.6 Å². The summed E-state index contributed by atoms with van der Waals surface area (Å²) in [6, 6.07) is 11.1. The first-order chi connectivity index (χ1) is 13.4. The number of rotatable bonds is 8. The van der Waals surface area contributed by atoms with Crippen molar-refractivity contribution in [2.75, 3.05) is 11.4 Å². The van der Waals surface area contributed by atoms with E-state index in [0.29, 0.717) is 17.7 Å². The predicted molar refractivity (Wildman–Crippen MR) is 115 cm³/mol. The molecule has 0 radical (unpaired) electrons. The van der Waals surface area contributed by atoms with Gasteiger partial charge in [0.05, 0.1) is 16.9 Å². The van der Waals surface area contributed by atoms with Gasteiger partial charge in [-0.3, -0.25) is 4.79 Å². The fourth-order valence-corrected chi connectivity index (χ4v) is 5.46. The summed E-state index contributed by atoms with van der Waals surface area (Å²) < 4.78 is 0. The van der Waals surface area contributed by atoms with E-state index in [1.165, 1.54) is 5.56 Å². The van der Waals surface area contributed by atoms with Crippen LogP contribution >= 0.6 is 0 Å². The van der Waals surface area contributed by atoms with Gasteiger partial charge in [0, 0.05) is 12.2 Å². The van der Waals surface area contributed by atoms with Crippen molar-refractivity contribution in [1.29, 1.82) is 5.26 Å². The number of carbonyl (C=O) groups excluding carboxylic acids is 1. The number of aryl methyl sites for hydroxylation is 1. The Hall–Kier alpha value is -1.82. The van der Waals surface area contributed by atoms with E-state index in [9.17, 15) is 10.1 Å². The maximum Gasteiger partial charge on any atom is 0.233 e. The lowest BCUT2D eigenvalue weighted by molar-refractivity contribution is -0.124. The standard InChI is InChI=1S/C25H36N2O/c1-5-12-24(18-26)13-11-21(16-24)17-27(22-10-8-9-20(6-2)14-22)23(28)25(7-3)15-19(25)4/h8-10,14,19,21H,5-7,11-13,15-17H2,1-4H3. The van der Waals surface area contributed by atoms with Gasteiger partial charge in [0.15, 0.2) is 0 Å². The third-order valence-electron chi connectivity index (χ3n) is 7.50. The van der Waals surface area contributed by atoms with E-state index in [1.54, 1.807) is 0 Å². The van der Waals surface area contributed by atoms with Crippen LogP contribution in [0.15, 0.2) is 24.3 Å². The number of anilines is 1. The third kappa shape index (κ3) is 3.84. The monoisotopic (exact) mass is 380 g/mol. The second-order valence-electron chi connectivity index (χ2n) is 9.31. The SMILES string of the molecule is CCCC1(C#N)CCC(CN(C(=O)C2(CC)CC2C)c2cccc(CC)c2)C1. The van der Waals surface area contributed by atoms with Crippen molar-refractivity contribution in [3.63, 3.8) is 0 Å². The first-order valence-electron chi connectivity index (χ1n) is 11.3. The molecule has 1 aromatic carbocycles. The third-order valence-corrected chi connectivity index (χ3v) is 7.50. The maximum atomic E-state index is 13.7. The highest BCUT2D eigenvalue weighted by Gasteiger charge is 2.57. The van der Waals surface area contributed by atoms with Gasteiger partial charge in [0.25, 0.3) is 0 Å². The minimum atomic E-state index is -0.172. The van der Waals surface area contributed by atoms with Crippen LogP contribution < -0.4 is 4.90 Å². The number of nitriles is 1. The van der Waals surface area contributed by atoms with Crippen LogP contribution in [-0.2, 0) is 11.2 Å². The molecule has 0 aliphatic heterocycles. The van der Waals surface area contributed by atoms with Crippen molar-refractivity contribution in [3.05, 3.63) is 29.8 Å². The Morgan fingerprint density at radius 1 is 1.29 bits per heavy atom. The van der Waals surface area contributed by atoms with Crippen LogP contribution in [0, 0.1) is 34.0 Å². The Bertz CT molecular complexity index is 747. The van der Waals surface area contributed by atoms with Crippen LogP contribution in [0.5, 0.6) is 0 Å². The largest absolute Gasteiger partial charge is 0.312 e. The van der Waals surface area contributed by atoms with Gasteiger partial charge in [-0.05, 0) is 74.5 Å². The molecule has 2 saturated carbocycles. The molecule has 0 spiro atoms. The minimum absolute atomic E-state index is 0.170. The van der Waals surface area contributed by atoms with Crippen molar-refractivity contribution >= 4 is 11.6 Å². The van der Waals surface area contributed by atoms with Gasteiger partial charge in [0.2, 0.25) is 5.91 Å². The summed E-state index contributed by atoms with van der Waals surface area (Å²) in [4.78, 5) is 15.8. The summed E-state index contributed by atoms with van der Waals surface area (Å²) in [6.07, 6.45) is 7.90. The van der Waals surface area contributed by atoms with Gasteiger partial charge >= 0.3 is 0 Å². The Labute approximate surface area is 171 Å². The van der Waals surface area contributed by atoms with Crippen LogP contribution in [0.25, 0.3) is 0 Å². The molecule has 28 heavy (non-hydrogen) atoms. The van der Waals surface area contributed by atoms with Crippen molar-refractivity contribution in [2.45, 2.75) is 79.1 Å². The molecule has 0 N–H and O–H groups in total. The zero-order valence-corrected chi connectivity index (χ0v) is 18.1. The van der Waals surface area contributed by atoms with Crippen molar-refractivity contribution in [2.24, 2.45) is 22.7 Å². The Kier molecular flexibility index (Phi) is 6.18. The molecule has 4 atom stereocenters. The molecule has 0 saturated heterocycles. The van der Waals surface area contributed by atoms with Crippen molar-refractivity contribution in [1.82, 2.24) is 0 Å². The highest BCUT2D eigenvalue weighted by Crippen LogP contribution is 2.56. The second kappa shape index (κ2) is 8.27. The van der Waals surface area contributed by atoms with E-state index in [1.807, 2.05) is 0 Å². The second-order valence-corrected chi connectivity index (χ2v) is 9.31. The molecule has 0 heterocycles. The van der Waals surface area contributed by atoms with Crippen LogP contribution in [0.1, 0.15) is 78.2 Å². The van der Waals surface area contributed by atoms with Gasteiger partial charge in [-0.25, -0.2) is 0 Å². The highest BCUT2D eigenvalue weighted by atomic mass is 16.2. The van der Waals surface area contributed by atoms with Crippen molar-refractivity contribution < 1.29 is 4.79 Å². The Balaban J connectivity index is 1.85. The molecule has 1 amide bonds. The van der Waals surface area contributed by atoms with Crippen LogP contribution in [0.2, 0.25) is 0 Å². The van der Waals surface area contributed by atoms with Crippen LogP contribution in [0.3, 0.4) is 0 Å². The number of nitrogens with zero attached hydrogens (tertiary/aromatic N) is 2. The maximum absolute atomic E-state index is 13.7. The zero-order valence-electron chi connectivity index (χ0n) is 18.1. The lowest BCUT2D eigenvalue weighted by Crippen LogP contribution is -2.41. The molecular weight excluding hydrogens is 344 g/mol. The summed E-state index contributed by atoms with van der Waals surface area (Å²) in [7, 11) is 0. The Morgan fingerprint density at radius 3 is 2.61 bits per heavy atom. The van der Waals surface area contributed by atoms with E-state index >= 15 is 0 Å². The number of amides is 1. The topological polar surface area (TPSA) is 44.1 Å². The smallest absolute Gasteiger partial charge is 0.233 e. The molecule has 2 aliphatic rings. The summed E-state index contributed by atoms with van der Waals surface area (Å²) >= 11 is 0. The summed E-state index contributed by atoms with van der Waals surface area (Å²) in [6.45, 7) is 9.44. The number of hydrogen-bond donors (Lipinski definition) is 0. The summed E-state index contributed by atoms with van der Waals surface area (Å²) in [5.74, 6) is 1.20.